The number of hydrazone groups is 1. The number of aromatic nitrogens is 1. The van der Waals surface area contributed by atoms with E-state index in [9.17, 15) is 4.79 Å². The molecular weight excluding hydrogens is 327 g/mol. The number of nitrogen functional groups attached to an aromatic ring is 1. The SMILES string of the molecule is Nc1c(Cl)c(Cl)[nH+]c(C(=O)N/N=C\c2ccco2)c1Cl. The minimum atomic E-state index is -0.622. The fraction of sp³-hybridized carbons (Fsp3) is 0. The van der Waals surface area contributed by atoms with Crippen molar-refractivity contribution in [3.05, 3.63) is 45.0 Å². The molecule has 0 aliphatic rings. The summed E-state index contributed by atoms with van der Waals surface area (Å²) in [7, 11) is 0. The fourth-order valence-corrected chi connectivity index (χ4v) is 1.91. The summed E-state index contributed by atoms with van der Waals surface area (Å²) in [6, 6.07) is 3.36. The molecule has 0 radical (unpaired) electrons. The molecule has 2 aromatic rings. The molecule has 9 heteroatoms. The highest BCUT2D eigenvalue weighted by Crippen LogP contribution is 2.31. The molecular formula is C11H8Cl3N4O2+. The molecule has 1 amide bonds. The predicted molar refractivity (Wildman–Crippen MR) is 76.2 cm³/mol. The lowest BCUT2D eigenvalue weighted by molar-refractivity contribution is -0.379. The van der Waals surface area contributed by atoms with E-state index >= 15 is 0 Å². The third-order valence-electron chi connectivity index (χ3n) is 2.25. The number of nitrogens with zero attached hydrogens (tertiary/aromatic N) is 1. The van der Waals surface area contributed by atoms with Crippen LogP contribution in [0.2, 0.25) is 15.2 Å². The third-order valence-corrected chi connectivity index (χ3v) is 3.41. The van der Waals surface area contributed by atoms with Crippen molar-refractivity contribution in [2.75, 3.05) is 5.73 Å². The Kier molecular flexibility index (Phi) is 4.49. The zero-order valence-electron chi connectivity index (χ0n) is 9.78. The van der Waals surface area contributed by atoms with Gasteiger partial charge in [-0.3, -0.25) is 4.79 Å². The topological polar surface area (TPSA) is 94.8 Å². The van der Waals surface area contributed by atoms with Crippen LogP contribution in [0, 0.1) is 0 Å². The van der Waals surface area contributed by atoms with Crippen molar-refractivity contribution < 1.29 is 14.2 Å². The van der Waals surface area contributed by atoms with Crippen molar-refractivity contribution in [3.63, 3.8) is 0 Å². The minimum absolute atomic E-state index is 0.00808. The van der Waals surface area contributed by atoms with E-state index in [1.54, 1.807) is 12.1 Å². The average molecular weight is 335 g/mol. The maximum absolute atomic E-state index is 11.9. The Hall–Kier alpha value is -1.76. The van der Waals surface area contributed by atoms with E-state index < -0.39 is 5.91 Å². The Labute approximate surface area is 128 Å². The number of nitrogens with two attached hydrogens (primary N) is 1. The van der Waals surface area contributed by atoms with Gasteiger partial charge >= 0.3 is 5.91 Å². The van der Waals surface area contributed by atoms with Crippen LogP contribution in [0.15, 0.2) is 27.9 Å². The molecule has 0 spiro atoms. The number of halogens is 3. The fourth-order valence-electron chi connectivity index (χ4n) is 1.30. The van der Waals surface area contributed by atoms with Gasteiger partial charge in [0.1, 0.15) is 15.8 Å². The lowest BCUT2D eigenvalue weighted by Crippen LogP contribution is -2.28. The van der Waals surface area contributed by atoms with E-state index in [0.717, 1.165) is 0 Å². The van der Waals surface area contributed by atoms with Crippen molar-refractivity contribution in [3.8, 4) is 0 Å². The van der Waals surface area contributed by atoms with Gasteiger partial charge in [0.05, 0.1) is 18.2 Å². The molecule has 0 aliphatic carbocycles. The Bertz CT molecular complexity index is 671. The van der Waals surface area contributed by atoms with Gasteiger partial charge in [0, 0.05) is 0 Å². The quantitative estimate of drug-likeness (QED) is 0.512. The summed E-state index contributed by atoms with van der Waals surface area (Å²) in [6.07, 6.45) is 2.81. The predicted octanol–water partition coefficient (Wildman–Crippen LogP) is 2.40. The molecule has 20 heavy (non-hydrogen) atoms. The van der Waals surface area contributed by atoms with Crippen molar-refractivity contribution in [2.24, 2.45) is 5.10 Å². The second-order valence-corrected chi connectivity index (χ2v) is 4.70. The Morgan fingerprint density at radius 3 is 2.80 bits per heavy atom. The maximum atomic E-state index is 11.9. The Morgan fingerprint density at radius 1 is 1.40 bits per heavy atom. The molecule has 2 aromatic heterocycles. The van der Waals surface area contributed by atoms with Gasteiger partial charge in [0.25, 0.3) is 10.8 Å². The molecule has 6 nitrogen and oxygen atoms in total. The number of carbonyl (C=O) groups excluding carboxylic acids is 1. The van der Waals surface area contributed by atoms with Gasteiger partial charge in [-0.2, -0.15) is 10.1 Å². The largest absolute Gasteiger partial charge is 0.463 e. The molecule has 4 N–H and O–H groups in total. The van der Waals surface area contributed by atoms with Crippen molar-refractivity contribution >= 4 is 52.6 Å². The van der Waals surface area contributed by atoms with Gasteiger partial charge in [0.2, 0.25) is 0 Å². The van der Waals surface area contributed by atoms with Crippen LogP contribution in [-0.4, -0.2) is 12.1 Å². The summed E-state index contributed by atoms with van der Waals surface area (Å²) in [5.41, 5.74) is 7.84. The number of furan rings is 1. The molecule has 104 valence electrons. The first-order valence-electron chi connectivity index (χ1n) is 5.23. The van der Waals surface area contributed by atoms with E-state index in [-0.39, 0.29) is 26.6 Å². The average Bonchev–Trinajstić information content (AvgIpc) is 2.93. The van der Waals surface area contributed by atoms with E-state index in [2.05, 4.69) is 15.5 Å². The van der Waals surface area contributed by atoms with Crippen LogP contribution in [0.5, 0.6) is 0 Å². The number of nitrogens with one attached hydrogen (secondary N) is 2. The van der Waals surface area contributed by atoms with Gasteiger partial charge in [0.15, 0.2) is 0 Å². The summed E-state index contributed by atoms with van der Waals surface area (Å²) in [5, 5.41) is 3.72. The van der Waals surface area contributed by atoms with Crippen LogP contribution in [0.3, 0.4) is 0 Å². The maximum Gasteiger partial charge on any atom is 0.337 e. The summed E-state index contributed by atoms with van der Waals surface area (Å²) in [4.78, 5) is 14.4. The van der Waals surface area contributed by atoms with Crippen molar-refractivity contribution in [2.45, 2.75) is 0 Å². The van der Waals surface area contributed by atoms with E-state index in [1.807, 2.05) is 0 Å². The number of amides is 1. The molecule has 2 heterocycles. The second-order valence-electron chi connectivity index (χ2n) is 3.57. The molecule has 0 bridgehead atoms. The smallest absolute Gasteiger partial charge is 0.337 e. The molecule has 0 aliphatic heterocycles. The number of anilines is 1. The summed E-state index contributed by atoms with van der Waals surface area (Å²) >= 11 is 17.5. The standard InChI is InChI=1S/C11H7Cl3N4O2/c12-6-8(15)7(13)10(14)17-9(6)11(19)18-16-4-5-2-1-3-20-5/h1-4H,(H2,15,17)(H,18,19)/p+1/b16-4-. The van der Waals surface area contributed by atoms with Gasteiger partial charge in [-0.25, -0.2) is 5.43 Å². The molecule has 0 aromatic carbocycles. The highest BCUT2D eigenvalue weighted by atomic mass is 35.5. The van der Waals surface area contributed by atoms with E-state index in [1.165, 1.54) is 12.5 Å². The van der Waals surface area contributed by atoms with Crippen LogP contribution < -0.4 is 16.1 Å². The number of pyridine rings is 1. The van der Waals surface area contributed by atoms with Crippen LogP contribution in [0.25, 0.3) is 0 Å². The summed E-state index contributed by atoms with van der Waals surface area (Å²) in [5.74, 6) is -0.142. The van der Waals surface area contributed by atoms with Crippen LogP contribution in [0.1, 0.15) is 16.2 Å². The van der Waals surface area contributed by atoms with Gasteiger partial charge in [-0.15, -0.1) is 0 Å². The summed E-state index contributed by atoms with van der Waals surface area (Å²) < 4.78 is 5.01. The van der Waals surface area contributed by atoms with Crippen LogP contribution in [0.4, 0.5) is 5.69 Å². The molecule has 2 rings (SSSR count). The number of carbonyl (C=O) groups is 1. The van der Waals surface area contributed by atoms with Gasteiger partial charge in [-0.1, -0.05) is 23.2 Å². The number of hydrogen-bond donors (Lipinski definition) is 2. The highest BCUT2D eigenvalue weighted by Gasteiger charge is 2.25. The normalized spacial score (nSPS) is 10.9. The highest BCUT2D eigenvalue weighted by molar-refractivity contribution is 6.45. The first kappa shape index (κ1) is 14.6. The molecule has 0 saturated carbocycles. The zero-order chi connectivity index (χ0) is 14.7. The Morgan fingerprint density at radius 2 is 2.15 bits per heavy atom. The first-order valence-corrected chi connectivity index (χ1v) is 6.36. The van der Waals surface area contributed by atoms with Gasteiger partial charge < -0.3 is 10.2 Å². The summed E-state index contributed by atoms with van der Waals surface area (Å²) in [6.45, 7) is 0. The Balaban J connectivity index is 2.18. The van der Waals surface area contributed by atoms with Gasteiger partial charge in [-0.05, 0) is 23.7 Å². The van der Waals surface area contributed by atoms with Crippen molar-refractivity contribution in [1.82, 2.24) is 5.43 Å². The van der Waals surface area contributed by atoms with Crippen LogP contribution in [-0.2, 0) is 0 Å². The molecule has 0 atom stereocenters. The number of aromatic amines is 1. The lowest BCUT2D eigenvalue weighted by atomic mass is 10.3. The van der Waals surface area contributed by atoms with Crippen molar-refractivity contribution in [1.29, 1.82) is 0 Å². The number of H-pyrrole nitrogens is 1. The number of rotatable bonds is 3. The zero-order valence-corrected chi connectivity index (χ0v) is 12.1. The van der Waals surface area contributed by atoms with E-state index in [0.29, 0.717) is 5.76 Å². The first-order chi connectivity index (χ1) is 9.50. The molecule has 0 fully saturated rings. The third kappa shape index (κ3) is 3.04. The lowest BCUT2D eigenvalue weighted by Gasteiger charge is -2.02. The molecule has 0 saturated heterocycles. The molecule has 0 unspecified atom stereocenters. The second kappa shape index (κ2) is 6.13. The monoisotopic (exact) mass is 333 g/mol. The minimum Gasteiger partial charge on any atom is -0.463 e. The van der Waals surface area contributed by atoms with Crippen LogP contribution >= 0.6 is 34.8 Å². The van der Waals surface area contributed by atoms with E-state index in [4.69, 9.17) is 45.0 Å². The number of hydrogen-bond acceptors (Lipinski definition) is 4.